The number of rotatable bonds is 9. The van der Waals surface area contributed by atoms with Crippen LogP contribution < -0.4 is 10.2 Å². The number of non-ortho nitro benzene ring substituents is 1. The molecule has 4 aromatic rings. The molecule has 0 spiro atoms. The highest BCUT2D eigenvalue weighted by Crippen LogP contribution is 2.29. The molecule has 4 rings (SSSR count). The lowest BCUT2D eigenvalue weighted by atomic mass is 10.2. The third-order valence-electron chi connectivity index (χ3n) is 5.50. The number of nitrogens with zero attached hydrogens (tertiary/aromatic N) is 6. The Kier molecular flexibility index (Phi) is 7.05. The van der Waals surface area contributed by atoms with Gasteiger partial charge in [-0.1, -0.05) is 0 Å². The van der Waals surface area contributed by atoms with E-state index >= 15 is 0 Å². The zero-order valence-electron chi connectivity index (χ0n) is 20.0. The number of nitrogens with one attached hydrogen (secondary N) is 1. The molecule has 38 heavy (non-hydrogen) atoms. The van der Waals surface area contributed by atoms with Crippen molar-refractivity contribution in [3.63, 3.8) is 0 Å². The normalized spacial score (nSPS) is 10.9. The van der Waals surface area contributed by atoms with Crippen molar-refractivity contribution in [2.75, 3.05) is 5.43 Å². The van der Waals surface area contributed by atoms with E-state index in [2.05, 4.69) is 15.5 Å². The maximum atomic E-state index is 11.3. The second kappa shape index (κ2) is 10.5. The van der Waals surface area contributed by atoms with Crippen molar-refractivity contribution in [3.05, 3.63) is 114 Å². The maximum absolute atomic E-state index is 11.3. The van der Waals surface area contributed by atoms with Gasteiger partial charge in [0.25, 0.3) is 11.4 Å². The summed E-state index contributed by atoms with van der Waals surface area (Å²) in [6.07, 6.45) is 2.62. The number of nitro groups is 3. The number of anilines is 1. The van der Waals surface area contributed by atoms with Gasteiger partial charge in [-0.25, -0.2) is 4.98 Å². The van der Waals surface area contributed by atoms with Gasteiger partial charge in [0.15, 0.2) is 0 Å². The van der Waals surface area contributed by atoms with Crippen LogP contribution in [0, 0.1) is 44.2 Å². The Labute approximate surface area is 214 Å². The van der Waals surface area contributed by atoms with Crippen LogP contribution in [0.25, 0.3) is 5.69 Å². The van der Waals surface area contributed by atoms with Gasteiger partial charge in [0.2, 0.25) is 5.88 Å². The quantitative estimate of drug-likeness (QED) is 0.171. The second-order valence-electron chi connectivity index (χ2n) is 7.96. The van der Waals surface area contributed by atoms with Crippen LogP contribution in [0.4, 0.5) is 22.7 Å². The number of aromatic nitrogens is 2. The van der Waals surface area contributed by atoms with Gasteiger partial charge in [-0.2, -0.15) is 5.10 Å². The molecule has 0 saturated carbocycles. The van der Waals surface area contributed by atoms with Gasteiger partial charge in [-0.15, -0.1) is 0 Å². The molecule has 2 aromatic heterocycles. The average Bonchev–Trinajstić information content (AvgIpc) is 3.17. The predicted octanol–water partition coefficient (Wildman–Crippen LogP) is 5.45. The first-order valence-electron chi connectivity index (χ1n) is 10.9. The van der Waals surface area contributed by atoms with E-state index in [0.29, 0.717) is 5.75 Å². The van der Waals surface area contributed by atoms with Crippen LogP contribution in [-0.4, -0.2) is 30.5 Å². The Hall–Kier alpha value is -5.66. The summed E-state index contributed by atoms with van der Waals surface area (Å²) in [7, 11) is 0. The largest absolute Gasteiger partial charge is 0.439 e. The smallest absolute Gasteiger partial charge is 0.301 e. The van der Waals surface area contributed by atoms with Crippen molar-refractivity contribution in [2.24, 2.45) is 5.10 Å². The van der Waals surface area contributed by atoms with E-state index in [1.54, 1.807) is 12.1 Å². The third kappa shape index (κ3) is 5.43. The van der Waals surface area contributed by atoms with E-state index < -0.39 is 26.1 Å². The molecule has 0 atom stereocenters. The van der Waals surface area contributed by atoms with Crippen molar-refractivity contribution in [1.29, 1.82) is 0 Å². The van der Waals surface area contributed by atoms with Crippen LogP contribution in [-0.2, 0) is 0 Å². The first-order chi connectivity index (χ1) is 18.1. The van der Waals surface area contributed by atoms with Gasteiger partial charge in [0.05, 0.1) is 27.1 Å². The highest BCUT2D eigenvalue weighted by atomic mass is 16.6. The van der Waals surface area contributed by atoms with Crippen LogP contribution >= 0.6 is 0 Å². The molecule has 0 fully saturated rings. The molecule has 14 heteroatoms. The SMILES string of the molecule is Cc1cc(/C=N\Nc2ccc([N+](=O)[O-])cc2[N+](=O)[O-])c(C)n1-c1ccc(Oc2ccc([N+](=O)[O-])cn2)cc1. The monoisotopic (exact) mass is 517 g/mol. The van der Waals surface area contributed by atoms with E-state index in [1.807, 2.05) is 36.6 Å². The Balaban J connectivity index is 1.50. The first kappa shape index (κ1) is 25.4. The fourth-order valence-electron chi connectivity index (χ4n) is 3.69. The number of hydrogen-bond donors (Lipinski definition) is 1. The number of ether oxygens (including phenoxy) is 1. The van der Waals surface area contributed by atoms with Gasteiger partial charge in [-0.05, 0) is 50.2 Å². The number of benzene rings is 2. The lowest BCUT2D eigenvalue weighted by molar-refractivity contribution is -0.393. The summed E-state index contributed by atoms with van der Waals surface area (Å²) in [5, 5.41) is 37.1. The lowest BCUT2D eigenvalue weighted by Crippen LogP contribution is -2.00. The second-order valence-corrected chi connectivity index (χ2v) is 7.96. The summed E-state index contributed by atoms with van der Waals surface area (Å²) in [6, 6.07) is 15.0. The zero-order valence-corrected chi connectivity index (χ0v) is 20.0. The number of aryl methyl sites for hydroxylation is 1. The number of hydrogen-bond acceptors (Lipinski definition) is 10. The number of hydrazone groups is 1. The molecule has 14 nitrogen and oxygen atoms in total. The zero-order chi connectivity index (χ0) is 27.4. The molecule has 1 N–H and O–H groups in total. The summed E-state index contributed by atoms with van der Waals surface area (Å²) >= 11 is 0. The van der Waals surface area contributed by atoms with Crippen molar-refractivity contribution in [1.82, 2.24) is 9.55 Å². The van der Waals surface area contributed by atoms with Crippen molar-refractivity contribution < 1.29 is 19.5 Å². The highest BCUT2D eigenvalue weighted by Gasteiger charge is 2.19. The minimum absolute atomic E-state index is 0.0174. The van der Waals surface area contributed by atoms with Gasteiger partial charge in [0.1, 0.15) is 17.6 Å². The van der Waals surface area contributed by atoms with E-state index in [0.717, 1.165) is 41.0 Å². The van der Waals surface area contributed by atoms with Crippen LogP contribution in [0.5, 0.6) is 11.6 Å². The summed E-state index contributed by atoms with van der Waals surface area (Å²) < 4.78 is 7.63. The minimum Gasteiger partial charge on any atom is -0.439 e. The highest BCUT2D eigenvalue weighted by molar-refractivity contribution is 5.83. The van der Waals surface area contributed by atoms with E-state index in [-0.39, 0.29) is 17.3 Å². The molecule has 0 aliphatic heterocycles. The van der Waals surface area contributed by atoms with E-state index in [1.165, 1.54) is 24.4 Å². The van der Waals surface area contributed by atoms with Crippen molar-refractivity contribution >= 4 is 29.0 Å². The molecule has 0 aliphatic carbocycles. The van der Waals surface area contributed by atoms with Crippen LogP contribution in [0.15, 0.2) is 72.0 Å². The molecule has 0 radical (unpaired) electrons. The van der Waals surface area contributed by atoms with Gasteiger partial charge >= 0.3 is 5.69 Å². The van der Waals surface area contributed by atoms with Crippen molar-refractivity contribution in [2.45, 2.75) is 13.8 Å². The molecule has 2 aromatic carbocycles. The molecule has 192 valence electrons. The molecule has 0 bridgehead atoms. The predicted molar refractivity (Wildman–Crippen MR) is 137 cm³/mol. The van der Waals surface area contributed by atoms with E-state index in [9.17, 15) is 30.3 Å². The Morgan fingerprint density at radius 2 is 1.58 bits per heavy atom. The fraction of sp³-hybridized carbons (Fsp3) is 0.0833. The Morgan fingerprint density at radius 1 is 0.895 bits per heavy atom. The maximum Gasteiger partial charge on any atom is 0.301 e. The van der Waals surface area contributed by atoms with Gasteiger partial charge in [-0.3, -0.25) is 35.8 Å². The van der Waals surface area contributed by atoms with Crippen LogP contribution in [0.2, 0.25) is 0 Å². The van der Waals surface area contributed by atoms with Gasteiger partial charge in [0, 0.05) is 40.8 Å². The molecule has 0 unspecified atom stereocenters. The standard InChI is InChI=1S/C24H19N7O7/c1-15-11-17(13-26-27-22-9-5-19(29(32)33)12-23(22)31(36)37)16(2)28(15)18-3-7-21(8-4-18)38-24-10-6-20(14-25-24)30(34)35/h3-14,27H,1-2H3/b26-13-. The summed E-state index contributed by atoms with van der Waals surface area (Å²) in [6.45, 7) is 3.79. The molecular weight excluding hydrogens is 498 g/mol. The average molecular weight is 517 g/mol. The van der Waals surface area contributed by atoms with Gasteiger partial charge < -0.3 is 9.30 Å². The molecule has 0 saturated heterocycles. The van der Waals surface area contributed by atoms with Crippen molar-refractivity contribution in [3.8, 4) is 17.3 Å². The van der Waals surface area contributed by atoms with E-state index in [4.69, 9.17) is 4.74 Å². The van der Waals surface area contributed by atoms with Crippen LogP contribution in [0.3, 0.4) is 0 Å². The summed E-state index contributed by atoms with van der Waals surface area (Å²) in [5.74, 6) is 0.712. The number of nitro benzene ring substituents is 2. The molecule has 0 aliphatic rings. The summed E-state index contributed by atoms with van der Waals surface area (Å²) in [4.78, 5) is 34.9. The van der Waals surface area contributed by atoms with Crippen LogP contribution in [0.1, 0.15) is 17.0 Å². The first-order valence-corrected chi connectivity index (χ1v) is 10.9. The minimum atomic E-state index is -0.720. The molecular formula is C24H19N7O7. The fourth-order valence-corrected chi connectivity index (χ4v) is 3.69. The topological polar surface area (TPSA) is 181 Å². The lowest BCUT2D eigenvalue weighted by Gasteiger charge is -2.11. The molecule has 0 amide bonds. The molecule has 2 heterocycles. The number of pyridine rings is 1. The Morgan fingerprint density at radius 3 is 2.18 bits per heavy atom. The Bertz CT molecular complexity index is 1560. The third-order valence-corrected chi connectivity index (χ3v) is 5.50. The summed E-state index contributed by atoms with van der Waals surface area (Å²) in [5.41, 5.74) is 4.93.